The summed E-state index contributed by atoms with van der Waals surface area (Å²) in [6.07, 6.45) is 9.20. The second-order valence-electron chi connectivity index (χ2n) is 17.8. The maximum Gasteiger partial charge on any atom is 0.0546 e. The van der Waals surface area contributed by atoms with Crippen LogP contribution in [0.3, 0.4) is 0 Å². The van der Waals surface area contributed by atoms with Crippen LogP contribution in [-0.4, -0.2) is 0 Å². The molecule has 0 unspecified atom stereocenters. The first-order valence-electron chi connectivity index (χ1n) is 23.5. The topological polar surface area (TPSA) is 3.24 Å². The molecule has 12 aromatic rings. The summed E-state index contributed by atoms with van der Waals surface area (Å²) < 4.78 is 0. The van der Waals surface area contributed by atoms with Gasteiger partial charge in [0.05, 0.1) is 5.69 Å². The largest absolute Gasteiger partial charge is 0.310 e. The van der Waals surface area contributed by atoms with E-state index in [0.29, 0.717) is 0 Å². The fourth-order valence-corrected chi connectivity index (χ4v) is 11.0. The van der Waals surface area contributed by atoms with Crippen molar-refractivity contribution in [3.05, 3.63) is 254 Å². The average Bonchev–Trinajstić information content (AvgIpc) is 3.41. The molecule has 0 radical (unpaired) electrons. The molecule has 0 N–H and O–H groups in total. The monoisotopic (exact) mass is 851 g/mol. The lowest BCUT2D eigenvalue weighted by atomic mass is 9.80. The molecule has 1 heteroatoms. The number of hydrogen-bond acceptors (Lipinski definition) is 1. The van der Waals surface area contributed by atoms with Crippen molar-refractivity contribution in [2.75, 3.05) is 4.90 Å². The number of anilines is 3. The van der Waals surface area contributed by atoms with Gasteiger partial charge in [-0.05, 0) is 153 Å². The molecule has 67 heavy (non-hydrogen) atoms. The van der Waals surface area contributed by atoms with E-state index in [-0.39, 0.29) is 0 Å². The van der Waals surface area contributed by atoms with Gasteiger partial charge >= 0.3 is 0 Å². The van der Waals surface area contributed by atoms with E-state index in [1.54, 1.807) is 0 Å². The Morgan fingerprint density at radius 2 is 0.910 bits per heavy atom. The zero-order valence-corrected chi connectivity index (χ0v) is 37.0. The van der Waals surface area contributed by atoms with E-state index in [2.05, 4.69) is 254 Å². The quantitative estimate of drug-likeness (QED) is 0.144. The van der Waals surface area contributed by atoms with Crippen LogP contribution in [0.15, 0.2) is 249 Å². The van der Waals surface area contributed by atoms with E-state index >= 15 is 0 Å². The second-order valence-corrected chi connectivity index (χ2v) is 17.8. The molecule has 0 saturated carbocycles. The molecule has 0 atom stereocenters. The normalized spacial score (nSPS) is 12.7. The predicted octanol–water partition coefficient (Wildman–Crippen LogP) is 18.8. The molecule has 12 aromatic carbocycles. The predicted molar refractivity (Wildman–Crippen MR) is 289 cm³/mol. The molecule has 0 heterocycles. The number of rotatable bonds is 7. The molecule has 0 spiro atoms. The summed E-state index contributed by atoms with van der Waals surface area (Å²) in [5, 5.41) is 14.9. The van der Waals surface area contributed by atoms with Gasteiger partial charge in [0.25, 0.3) is 0 Å². The summed E-state index contributed by atoms with van der Waals surface area (Å²) in [7, 11) is 0. The van der Waals surface area contributed by atoms with Crippen molar-refractivity contribution in [1.82, 2.24) is 0 Å². The van der Waals surface area contributed by atoms with Crippen molar-refractivity contribution in [2.24, 2.45) is 0 Å². The van der Waals surface area contributed by atoms with Crippen molar-refractivity contribution >= 4 is 87.3 Å². The van der Waals surface area contributed by atoms with Gasteiger partial charge in [0.2, 0.25) is 0 Å². The Morgan fingerprint density at radius 3 is 1.69 bits per heavy atom. The first kappa shape index (κ1) is 38.9. The average molecular weight is 852 g/mol. The van der Waals surface area contributed by atoms with E-state index in [1.165, 1.54) is 109 Å². The Kier molecular flexibility index (Phi) is 9.39. The van der Waals surface area contributed by atoms with Crippen LogP contribution >= 0.6 is 0 Å². The fraction of sp³-hybridized carbons (Fsp3) is 0.0303. The molecule has 0 saturated heterocycles. The Balaban J connectivity index is 1.15. The number of benzene rings is 12. The van der Waals surface area contributed by atoms with Gasteiger partial charge in [-0.15, -0.1) is 0 Å². The molecular formula is C66H45N. The number of nitrogens with zero attached hydrogens (tertiary/aromatic N) is 1. The van der Waals surface area contributed by atoms with E-state index in [0.717, 1.165) is 29.9 Å². The third kappa shape index (κ3) is 6.54. The van der Waals surface area contributed by atoms with Crippen molar-refractivity contribution in [2.45, 2.75) is 12.8 Å². The fourth-order valence-electron chi connectivity index (χ4n) is 11.0. The van der Waals surface area contributed by atoms with Gasteiger partial charge in [0, 0.05) is 16.8 Å². The van der Waals surface area contributed by atoms with Crippen LogP contribution in [0.1, 0.15) is 18.4 Å². The lowest BCUT2D eigenvalue weighted by molar-refractivity contribution is 1.04. The summed E-state index contributed by atoms with van der Waals surface area (Å²) in [6.45, 7) is 0. The van der Waals surface area contributed by atoms with E-state index in [4.69, 9.17) is 0 Å². The highest BCUT2D eigenvalue weighted by molar-refractivity contribution is 6.33. The second kappa shape index (κ2) is 16.2. The lowest BCUT2D eigenvalue weighted by Gasteiger charge is -2.29. The molecule has 0 bridgehead atoms. The smallest absolute Gasteiger partial charge is 0.0546 e. The molecule has 0 aliphatic heterocycles. The number of fused-ring (bicyclic) bond motifs is 10. The van der Waals surface area contributed by atoms with Crippen LogP contribution in [0.2, 0.25) is 0 Å². The third-order valence-electron chi connectivity index (χ3n) is 14.0. The van der Waals surface area contributed by atoms with Crippen LogP contribution in [0.5, 0.6) is 0 Å². The van der Waals surface area contributed by atoms with Crippen molar-refractivity contribution in [1.29, 1.82) is 0 Å². The van der Waals surface area contributed by atoms with Gasteiger partial charge in [-0.25, -0.2) is 0 Å². The van der Waals surface area contributed by atoms with Gasteiger partial charge in [-0.1, -0.05) is 212 Å². The van der Waals surface area contributed by atoms with E-state index < -0.39 is 0 Å². The van der Waals surface area contributed by atoms with Crippen LogP contribution < -0.4 is 4.90 Å². The van der Waals surface area contributed by atoms with Crippen LogP contribution in [0, 0.1) is 0 Å². The van der Waals surface area contributed by atoms with Gasteiger partial charge in [0.1, 0.15) is 0 Å². The minimum absolute atomic E-state index is 1.03. The zero-order valence-electron chi connectivity index (χ0n) is 37.0. The molecule has 1 nitrogen and oxygen atoms in total. The summed E-state index contributed by atoms with van der Waals surface area (Å²) in [4.78, 5) is 2.50. The van der Waals surface area contributed by atoms with Crippen molar-refractivity contribution in [3.63, 3.8) is 0 Å². The summed E-state index contributed by atoms with van der Waals surface area (Å²) in [5.41, 5.74) is 13.3. The zero-order chi connectivity index (χ0) is 44.3. The molecule has 0 amide bonds. The molecule has 13 rings (SSSR count). The van der Waals surface area contributed by atoms with Gasteiger partial charge in [0.15, 0.2) is 0 Å². The first-order chi connectivity index (χ1) is 33.3. The highest BCUT2D eigenvalue weighted by Crippen LogP contribution is 2.50. The standard InChI is InChI=1S/C66H45N/c1-4-20-45(21-5-1)60-43-61(46-22-6-2-7-23-46)65-58-36-17-15-34-56(58)62-42-51(38-39-59(62)66(65)64(60)47-25-8-3-9-26-47)67(63-41-49-27-11-13-32-54(49)55-33-14-16-35-57(55)63)50-30-18-29-48(40-50)53-37-19-28-44-24-10-12-31-52(44)53/h2-4,6-43H,1,5H2. The van der Waals surface area contributed by atoms with Crippen LogP contribution in [0.25, 0.3) is 104 Å². The lowest BCUT2D eigenvalue weighted by Crippen LogP contribution is -2.11. The van der Waals surface area contributed by atoms with Crippen molar-refractivity contribution < 1.29 is 0 Å². The Hall–Kier alpha value is -8.52. The van der Waals surface area contributed by atoms with E-state index in [1.807, 2.05) is 0 Å². The molecule has 1 aliphatic rings. The van der Waals surface area contributed by atoms with Crippen LogP contribution in [0.4, 0.5) is 17.1 Å². The summed E-state index contributed by atoms with van der Waals surface area (Å²) in [5.74, 6) is 0. The number of hydrogen-bond donors (Lipinski definition) is 0. The molecular weight excluding hydrogens is 807 g/mol. The summed E-state index contributed by atoms with van der Waals surface area (Å²) >= 11 is 0. The Labute approximate surface area is 390 Å². The molecule has 314 valence electrons. The maximum atomic E-state index is 2.50. The van der Waals surface area contributed by atoms with Gasteiger partial charge in [-0.2, -0.15) is 0 Å². The Bertz CT molecular complexity index is 3960. The van der Waals surface area contributed by atoms with Crippen LogP contribution in [-0.2, 0) is 0 Å². The Morgan fingerprint density at radius 1 is 0.313 bits per heavy atom. The SMILES string of the molecule is C1=CC(c2cc(-c3ccccc3)c3c4ccccc4c4cc(N(c5cccc(-c6cccc7ccccc67)c5)c5cc6ccccc6c6ccccc56)ccc4c3c2-c2ccccc2)=CCC1. The molecule has 1 aliphatic carbocycles. The first-order valence-corrected chi connectivity index (χ1v) is 23.5. The maximum absolute atomic E-state index is 2.50. The minimum atomic E-state index is 1.03. The third-order valence-corrected chi connectivity index (χ3v) is 14.0. The highest BCUT2D eigenvalue weighted by Gasteiger charge is 2.24. The molecule has 0 aromatic heterocycles. The highest BCUT2D eigenvalue weighted by atomic mass is 15.1. The van der Waals surface area contributed by atoms with E-state index in [9.17, 15) is 0 Å². The minimum Gasteiger partial charge on any atom is -0.310 e. The van der Waals surface area contributed by atoms with Gasteiger partial charge in [-0.3, -0.25) is 0 Å². The number of allylic oxidation sites excluding steroid dienone is 4. The van der Waals surface area contributed by atoms with Crippen molar-refractivity contribution in [3.8, 4) is 33.4 Å². The van der Waals surface area contributed by atoms with Gasteiger partial charge < -0.3 is 4.90 Å². The summed E-state index contributed by atoms with van der Waals surface area (Å²) in [6, 6.07) is 85.5. The molecule has 0 fully saturated rings.